The van der Waals surface area contributed by atoms with E-state index in [9.17, 15) is 9.59 Å². The molecule has 0 aliphatic heterocycles. The molecule has 144 valence electrons. The number of methoxy groups -OCH3 is 1. The lowest BCUT2D eigenvalue weighted by atomic mass is 10.1. The van der Waals surface area contributed by atoms with Crippen molar-refractivity contribution in [2.24, 2.45) is 0 Å². The first-order chi connectivity index (χ1) is 13.6. The summed E-state index contributed by atoms with van der Waals surface area (Å²) in [7, 11) is 1.52. The van der Waals surface area contributed by atoms with E-state index in [0.717, 1.165) is 16.7 Å². The molecule has 6 heteroatoms. The summed E-state index contributed by atoms with van der Waals surface area (Å²) in [5, 5.41) is 2.70. The van der Waals surface area contributed by atoms with E-state index in [2.05, 4.69) is 12.2 Å². The summed E-state index contributed by atoms with van der Waals surface area (Å²) in [4.78, 5) is 30.8. The molecular weight excluding hydrogens is 356 g/mol. The van der Waals surface area contributed by atoms with Gasteiger partial charge in [0.1, 0.15) is 17.9 Å². The van der Waals surface area contributed by atoms with Crippen molar-refractivity contribution in [3.8, 4) is 5.75 Å². The summed E-state index contributed by atoms with van der Waals surface area (Å²) in [6.07, 6.45) is 2.45. The molecule has 1 aromatic heterocycles. The molecule has 3 rings (SSSR count). The molecule has 0 fully saturated rings. The Labute approximate surface area is 163 Å². The van der Waals surface area contributed by atoms with Crippen LogP contribution in [0.3, 0.4) is 0 Å². The van der Waals surface area contributed by atoms with Gasteiger partial charge >= 0.3 is 0 Å². The van der Waals surface area contributed by atoms with Gasteiger partial charge in [0, 0.05) is 6.20 Å². The molecule has 2 aromatic carbocycles. The van der Waals surface area contributed by atoms with Crippen molar-refractivity contribution < 1.29 is 14.4 Å². The van der Waals surface area contributed by atoms with E-state index in [1.165, 1.54) is 24.9 Å². The SMILES string of the molecule is CCc1ccc(COn2cccc(C(=O)Nc3ccccc3OC)c2=O)cc1. The van der Waals surface area contributed by atoms with Crippen LogP contribution < -0.4 is 20.5 Å². The van der Waals surface area contributed by atoms with Crippen molar-refractivity contribution >= 4 is 11.6 Å². The minimum absolute atomic E-state index is 0.0188. The Bertz CT molecular complexity index is 1010. The molecule has 0 saturated carbocycles. The van der Waals surface area contributed by atoms with Crippen molar-refractivity contribution in [1.82, 2.24) is 4.73 Å². The minimum Gasteiger partial charge on any atom is -0.495 e. The lowest BCUT2D eigenvalue weighted by Crippen LogP contribution is -2.32. The van der Waals surface area contributed by atoms with E-state index < -0.39 is 11.5 Å². The number of benzene rings is 2. The molecule has 0 unspecified atom stereocenters. The number of aryl methyl sites for hydroxylation is 1. The summed E-state index contributed by atoms with van der Waals surface area (Å²) < 4.78 is 6.29. The maximum absolute atomic E-state index is 12.6. The Morgan fingerprint density at radius 1 is 1.00 bits per heavy atom. The number of anilines is 1. The fourth-order valence-corrected chi connectivity index (χ4v) is 2.70. The predicted molar refractivity (Wildman–Crippen MR) is 108 cm³/mol. The molecule has 0 aliphatic carbocycles. The topological polar surface area (TPSA) is 69.6 Å². The average molecular weight is 378 g/mol. The van der Waals surface area contributed by atoms with Gasteiger partial charge in [0.25, 0.3) is 11.5 Å². The van der Waals surface area contributed by atoms with Crippen molar-refractivity contribution in [2.45, 2.75) is 20.0 Å². The van der Waals surface area contributed by atoms with Gasteiger partial charge in [-0.2, -0.15) is 4.73 Å². The third-order valence-electron chi connectivity index (χ3n) is 4.32. The van der Waals surface area contributed by atoms with Crippen LogP contribution in [0.5, 0.6) is 5.75 Å². The highest BCUT2D eigenvalue weighted by atomic mass is 16.7. The molecule has 0 saturated heterocycles. The number of aromatic nitrogens is 1. The molecule has 3 aromatic rings. The molecule has 1 N–H and O–H groups in total. The van der Waals surface area contributed by atoms with Gasteiger partial charge in [0.2, 0.25) is 0 Å². The van der Waals surface area contributed by atoms with Crippen LogP contribution in [0.15, 0.2) is 71.7 Å². The van der Waals surface area contributed by atoms with Crippen molar-refractivity contribution in [3.63, 3.8) is 0 Å². The van der Waals surface area contributed by atoms with Crippen LogP contribution in [0, 0.1) is 0 Å². The number of para-hydroxylation sites is 2. The normalized spacial score (nSPS) is 10.4. The van der Waals surface area contributed by atoms with E-state index in [1.807, 2.05) is 24.3 Å². The summed E-state index contributed by atoms with van der Waals surface area (Å²) >= 11 is 0. The molecule has 0 spiro atoms. The summed E-state index contributed by atoms with van der Waals surface area (Å²) in [6.45, 7) is 2.31. The monoisotopic (exact) mass is 378 g/mol. The van der Waals surface area contributed by atoms with E-state index in [0.29, 0.717) is 11.4 Å². The Hall–Kier alpha value is -3.54. The molecule has 1 amide bonds. The standard InChI is InChI=1S/C22H22N2O4/c1-3-16-10-12-17(13-11-16)15-28-24-14-6-7-18(22(24)26)21(25)23-19-8-4-5-9-20(19)27-2/h4-14H,3,15H2,1-2H3,(H,23,25). The number of nitrogens with one attached hydrogen (secondary N) is 1. The second-order valence-electron chi connectivity index (χ2n) is 6.15. The highest BCUT2D eigenvalue weighted by Gasteiger charge is 2.15. The molecule has 0 atom stereocenters. The summed E-state index contributed by atoms with van der Waals surface area (Å²) in [5.74, 6) is -0.0152. The average Bonchev–Trinajstić information content (AvgIpc) is 2.73. The van der Waals surface area contributed by atoms with Gasteiger partial charge in [-0.15, -0.1) is 0 Å². The summed E-state index contributed by atoms with van der Waals surface area (Å²) in [5.41, 5.74) is 2.11. The zero-order valence-corrected chi connectivity index (χ0v) is 15.8. The first-order valence-electron chi connectivity index (χ1n) is 8.99. The Morgan fingerprint density at radius 3 is 2.43 bits per heavy atom. The Balaban J connectivity index is 1.74. The van der Waals surface area contributed by atoms with Gasteiger partial charge < -0.3 is 14.9 Å². The lowest BCUT2D eigenvalue weighted by Gasteiger charge is -2.12. The van der Waals surface area contributed by atoms with Crippen molar-refractivity contribution in [1.29, 1.82) is 0 Å². The number of carbonyl (C=O) groups is 1. The fraction of sp³-hybridized carbons (Fsp3) is 0.182. The summed E-state index contributed by atoms with van der Waals surface area (Å²) in [6, 6.07) is 18.0. The van der Waals surface area contributed by atoms with Gasteiger partial charge in [0.05, 0.1) is 12.8 Å². The van der Waals surface area contributed by atoms with Crippen LogP contribution in [0.1, 0.15) is 28.4 Å². The number of hydrogen-bond donors (Lipinski definition) is 1. The number of carbonyl (C=O) groups excluding carboxylic acids is 1. The van der Waals surface area contributed by atoms with Crippen LogP contribution in [-0.2, 0) is 13.0 Å². The molecule has 0 bridgehead atoms. The molecule has 6 nitrogen and oxygen atoms in total. The van der Waals surface area contributed by atoms with Crippen LogP contribution in [0.25, 0.3) is 0 Å². The van der Waals surface area contributed by atoms with Crippen LogP contribution >= 0.6 is 0 Å². The molecule has 28 heavy (non-hydrogen) atoms. The van der Waals surface area contributed by atoms with Gasteiger partial charge in [0.15, 0.2) is 0 Å². The van der Waals surface area contributed by atoms with Gasteiger partial charge in [-0.05, 0) is 41.8 Å². The predicted octanol–water partition coefficient (Wildman–Crippen LogP) is 3.30. The first kappa shape index (κ1) is 19.2. The van der Waals surface area contributed by atoms with Crippen molar-refractivity contribution in [2.75, 3.05) is 12.4 Å². The third-order valence-corrected chi connectivity index (χ3v) is 4.32. The molecule has 0 radical (unpaired) electrons. The lowest BCUT2D eigenvalue weighted by molar-refractivity contribution is 0.0863. The number of pyridine rings is 1. The van der Waals surface area contributed by atoms with E-state index in [4.69, 9.17) is 9.57 Å². The Morgan fingerprint density at radius 2 is 1.71 bits per heavy atom. The largest absolute Gasteiger partial charge is 0.495 e. The quantitative estimate of drug-likeness (QED) is 0.685. The second kappa shape index (κ2) is 8.90. The van der Waals surface area contributed by atoms with E-state index in [-0.39, 0.29) is 12.2 Å². The molecular formula is C22H22N2O4. The van der Waals surface area contributed by atoms with E-state index in [1.54, 1.807) is 30.3 Å². The minimum atomic E-state index is -0.528. The zero-order valence-electron chi connectivity index (χ0n) is 15.8. The van der Waals surface area contributed by atoms with Crippen LogP contribution in [0.4, 0.5) is 5.69 Å². The smallest absolute Gasteiger partial charge is 0.295 e. The number of hydrogen-bond acceptors (Lipinski definition) is 4. The second-order valence-corrected chi connectivity index (χ2v) is 6.15. The maximum atomic E-state index is 12.6. The zero-order chi connectivity index (χ0) is 19.9. The molecule has 1 heterocycles. The highest BCUT2D eigenvalue weighted by molar-refractivity contribution is 6.04. The number of rotatable bonds is 7. The fourth-order valence-electron chi connectivity index (χ4n) is 2.70. The van der Waals surface area contributed by atoms with Gasteiger partial charge in [-0.25, -0.2) is 0 Å². The number of ether oxygens (including phenoxy) is 1. The van der Waals surface area contributed by atoms with E-state index >= 15 is 0 Å². The van der Waals surface area contributed by atoms with Crippen LogP contribution in [-0.4, -0.2) is 17.7 Å². The van der Waals surface area contributed by atoms with Gasteiger partial charge in [-0.3, -0.25) is 9.59 Å². The first-order valence-corrected chi connectivity index (χ1v) is 8.99. The Kier molecular flexibility index (Phi) is 6.11. The van der Waals surface area contributed by atoms with Crippen molar-refractivity contribution in [3.05, 3.63) is 93.9 Å². The number of nitrogens with zero attached hydrogens (tertiary/aromatic N) is 1. The maximum Gasteiger partial charge on any atom is 0.295 e. The number of amides is 1. The molecule has 0 aliphatic rings. The third kappa shape index (κ3) is 4.40. The van der Waals surface area contributed by atoms with Crippen LogP contribution in [0.2, 0.25) is 0 Å². The van der Waals surface area contributed by atoms with Gasteiger partial charge in [-0.1, -0.05) is 43.3 Å². The highest BCUT2D eigenvalue weighted by Crippen LogP contribution is 2.23.